The van der Waals surface area contributed by atoms with Crippen LogP contribution in [-0.2, 0) is 9.59 Å². The van der Waals surface area contributed by atoms with Gasteiger partial charge in [-0.1, -0.05) is 30.3 Å². The minimum absolute atomic E-state index is 0.175. The third-order valence-corrected chi connectivity index (χ3v) is 4.68. The van der Waals surface area contributed by atoms with Crippen LogP contribution in [0.3, 0.4) is 0 Å². The summed E-state index contributed by atoms with van der Waals surface area (Å²) in [4.78, 5) is 35.5. The smallest absolute Gasteiger partial charge is 0.290 e. The molecule has 1 heterocycles. The number of carbonyl (C=O) groups is 3. The zero-order chi connectivity index (χ0) is 19.4. The van der Waals surface area contributed by atoms with Gasteiger partial charge in [-0.2, -0.15) is 0 Å². The summed E-state index contributed by atoms with van der Waals surface area (Å²) >= 11 is 0.833. The number of amides is 3. The molecule has 1 fully saturated rings. The summed E-state index contributed by atoms with van der Waals surface area (Å²) in [5, 5.41) is 4.64. The predicted octanol–water partition coefficient (Wildman–Crippen LogP) is 3.64. The molecule has 6 nitrogen and oxygen atoms in total. The van der Waals surface area contributed by atoms with Crippen molar-refractivity contribution in [2.45, 2.75) is 13.8 Å². The summed E-state index contributed by atoms with van der Waals surface area (Å²) in [6.07, 6.45) is 1.57. The third kappa shape index (κ3) is 4.77. The minimum atomic E-state index is -0.438. The molecule has 0 saturated carbocycles. The Hall–Kier alpha value is -3.06. The standard InChI is InChI=1S/C20H18N2O4S/c1-12-7-8-13(2)15(9-12)21-18(23)11-26-16-6-4-3-5-14(16)10-17-19(24)22-20(25)27-17/h3-10H,11H2,1-2H3,(H,21,23)(H,22,24,25)/b17-10-. The molecule has 1 aliphatic heterocycles. The Morgan fingerprint density at radius 3 is 2.70 bits per heavy atom. The van der Waals surface area contributed by atoms with Crippen LogP contribution in [-0.4, -0.2) is 23.7 Å². The van der Waals surface area contributed by atoms with Gasteiger partial charge in [-0.3, -0.25) is 19.7 Å². The molecular formula is C20H18N2O4S. The number of rotatable bonds is 5. The molecule has 1 aliphatic rings. The fraction of sp³-hybridized carbons (Fsp3) is 0.150. The molecule has 0 atom stereocenters. The molecule has 0 unspecified atom stereocenters. The lowest BCUT2D eigenvalue weighted by atomic mass is 10.1. The van der Waals surface area contributed by atoms with Crippen molar-refractivity contribution in [1.29, 1.82) is 0 Å². The van der Waals surface area contributed by atoms with E-state index < -0.39 is 11.1 Å². The van der Waals surface area contributed by atoms with Crippen molar-refractivity contribution >= 4 is 40.6 Å². The number of benzene rings is 2. The molecule has 1 saturated heterocycles. The molecule has 0 aromatic heterocycles. The first-order valence-corrected chi connectivity index (χ1v) is 9.08. The van der Waals surface area contributed by atoms with E-state index in [1.807, 2.05) is 32.0 Å². The Morgan fingerprint density at radius 2 is 1.96 bits per heavy atom. The van der Waals surface area contributed by atoms with E-state index in [1.54, 1.807) is 30.3 Å². The molecule has 3 rings (SSSR count). The van der Waals surface area contributed by atoms with E-state index in [4.69, 9.17) is 4.74 Å². The highest BCUT2D eigenvalue weighted by molar-refractivity contribution is 8.18. The average Bonchev–Trinajstić information content (AvgIpc) is 2.94. The van der Waals surface area contributed by atoms with E-state index in [0.29, 0.717) is 11.3 Å². The highest BCUT2D eigenvalue weighted by atomic mass is 32.2. The van der Waals surface area contributed by atoms with Crippen molar-refractivity contribution < 1.29 is 19.1 Å². The van der Waals surface area contributed by atoms with Crippen LogP contribution in [0, 0.1) is 13.8 Å². The number of carbonyl (C=O) groups excluding carboxylic acids is 3. The summed E-state index contributed by atoms with van der Waals surface area (Å²) in [6.45, 7) is 3.70. The van der Waals surface area contributed by atoms with Crippen LogP contribution in [0.15, 0.2) is 47.4 Å². The maximum atomic E-state index is 12.2. The summed E-state index contributed by atoms with van der Waals surface area (Å²) in [5.41, 5.74) is 3.38. The lowest BCUT2D eigenvalue weighted by Crippen LogP contribution is -2.21. The zero-order valence-corrected chi connectivity index (χ0v) is 15.7. The highest BCUT2D eigenvalue weighted by Gasteiger charge is 2.25. The fourth-order valence-corrected chi connectivity index (χ4v) is 3.17. The number of aryl methyl sites for hydroxylation is 2. The number of imide groups is 1. The van der Waals surface area contributed by atoms with Gasteiger partial charge in [-0.05, 0) is 54.9 Å². The van der Waals surface area contributed by atoms with Gasteiger partial charge < -0.3 is 10.1 Å². The Morgan fingerprint density at radius 1 is 1.19 bits per heavy atom. The largest absolute Gasteiger partial charge is 0.483 e. The maximum absolute atomic E-state index is 12.2. The van der Waals surface area contributed by atoms with Crippen molar-refractivity contribution in [1.82, 2.24) is 5.32 Å². The lowest BCUT2D eigenvalue weighted by Gasteiger charge is -2.12. The van der Waals surface area contributed by atoms with Crippen molar-refractivity contribution in [2.75, 3.05) is 11.9 Å². The van der Waals surface area contributed by atoms with E-state index in [1.165, 1.54) is 0 Å². The van der Waals surface area contributed by atoms with Crippen LogP contribution in [0.4, 0.5) is 10.5 Å². The van der Waals surface area contributed by atoms with Gasteiger partial charge in [0.15, 0.2) is 6.61 Å². The summed E-state index contributed by atoms with van der Waals surface area (Å²) in [5.74, 6) is -0.268. The summed E-state index contributed by atoms with van der Waals surface area (Å²) < 4.78 is 5.63. The molecule has 0 spiro atoms. The second-order valence-electron chi connectivity index (χ2n) is 6.05. The molecular weight excluding hydrogens is 364 g/mol. The fourth-order valence-electron chi connectivity index (χ4n) is 2.49. The molecule has 0 aliphatic carbocycles. The van der Waals surface area contributed by atoms with Crippen molar-refractivity contribution in [2.24, 2.45) is 0 Å². The van der Waals surface area contributed by atoms with Crippen LogP contribution < -0.4 is 15.4 Å². The van der Waals surface area contributed by atoms with Gasteiger partial charge in [0, 0.05) is 11.3 Å². The molecule has 7 heteroatoms. The maximum Gasteiger partial charge on any atom is 0.290 e. The molecule has 3 amide bonds. The van der Waals surface area contributed by atoms with Gasteiger partial charge >= 0.3 is 0 Å². The predicted molar refractivity (Wildman–Crippen MR) is 106 cm³/mol. The first kappa shape index (κ1) is 18.7. The Bertz CT molecular complexity index is 953. The van der Waals surface area contributed by atoms with Crippen LogP contribution in [0.1, 0.15) is 16.7 Å². The van der Waals surface area contributed by atoms with Gasteiger partial charge in [-0.25, -0.2) is 0 Å². The van der Waals surface area contributed by atoms with Crippen LogP contribution in [0.25, 0.3) is 6.08 Å². The molecule has 0 radical (unpaired) electrons. The number of anilines is 1. The van der Waals surface area contributed by atoms with Crippen molar-refractivity contribution in [3.8, 4) is 5.75 Å². The van der Waals surface area contributed by atoms with Crippen LogP contribution in [0.5, 0.6) is 5.75 Å². The van der Waals surface area contributed by atoms with Crippen LogP contribution in [0.2, 0.25) is 0 Å². The summed E-state index contributed by atoms with van der Waals surface area (Å²) in [7, 11) is 0. The number of para-hydroxylation sites is 1. The SMILES string of the molecule is Cc1ccc(C)c(NC(=O)COc2ccccc2/C=C2\SC(=O)NC2=O)c1. The van der Waals surface area contributed by atoms with E-state index in [-0.39, 0.29) is 17.4 Å². The van der Waals surface area contributed by atoms with Crippen LogP contribution >= 0.6 is 11.8 Å². The molecule has 27 heavy (non-hydrogen) atoms. The highest BCUT2D eigenvalue weighted by Crippen LogP contribution is 2.29. The van der Waals surface area contributed by atoms with E-state index in [9.17, 15) is 14.4 Å². The molecule has 2 N–H and O–H groups in total. The molecule has 2 aromatic carbocycles. The number of ether oxygens (including phenoxy) is 1. The molecule has 0 bridgehead atoms. The normalized spacial score (nSPS) is 15.0. The molecule has 138 valence electrons. The van der Waals surface area contributed by atoms with E-state index in [2.05, 4.69) is 10.6 Å². The quantitative estimate of drug-likeness (QED) is 0.771. The number of nitrogens with one attached hydrogen (secondary N) is 2. The summed E-state index contributed by atoms with van der Waals surface area (Å²) in [6, 6.07) is 12.8. The minimum Gasteiger partial charge on any atom is -0.483 e. The van der Waals surface area contributed by atoms with Crippen molar-refractivity contribution in [3.63, 3.8) is 0 Å². The Labute approximate surface area is 161 Å². The molecule has 2 aromatic rings. The lowest BCUT2D eigenvalue weighted by molar-refractivity contribution is -0.118. The van der Waals surface area contributed by atoms with Crippen molar-refractivity contribution in [3.05, 3.63) is 64.1 Å². The van der Waals surface area contributed by atoms with E-state index >= 15 is 0 Å². The first-order chi connectivity index (χ1) is 12.9. The zero-order valence-electron chi connectivity index (χ0n) is 14.9. The number of hydrogen-bond donors (Lipinski definition) is 2. The third-order valence-electron chi connectivity index (χ3n) is 3.87. The van der Waals surface area contributed by atoms with Gasteiger partial charge in [0.1, 0.15) is 5.75 Å². The Balaban J connectivity index is 1.69. The van der Waals surface area contributed by atoms with Gasteiger partial charge in [0.2, 0.25) is 0 Å². The first-order valence-electron chi connectivity index (χ1n) is 8.26. The van der Waals surface area contributed by atoms with Gasteiger partial charge in [-0.15, -0.1) is 0 Å². The topological polar surface area (TPSA) is 84.5 Å². The second kappa shape index (κ2) is 8.09. The van der Waals surface area contributed by atoms with E-state index in [0.717, 1.165) is 28.6 Å². The number of thioether (sulfide) groups is 1. The Kier molecular flexibility index (Phi) is 5.61. The van der Waals surface area contributed by atoms with Gasteiger partial charge in [0.25, 0.3) is 17.1 Å². The average molecular weight is 382 g/mol. The second-order valence-corrected chi connectivity index (χ2v) is 7.06. The number of hydrogen-bond acceptors (Lipinski definition) is 5. The monoisotopic (exact) mass is 382 g/mol. The van der Waals surface area contributed by atoms with Gasteiger partial charge in [0.05, 0.1) is 4.91 Å².